The zero-order valence-corrected chi connectivity index (χ0v) is 10.7. The van der Waals surface area contributed by atoms with Crippen molar-refractivity contribution < 1.29 is 0 Å². The highest BCUT2D eigenvalue weighted by atomic mass is 32.1. The van der Waals surface area contributed by atoms with Crippen molar-refractivity contribution in [2.45, 2.75) is 18.3 Å². The highest BCUT2D eigenvalue weighted by molar-refractivity contribution is 7.09. The molecule has 2 aromatic rings. The van der Waals surface area contributed by atoms with Gasteiger partial charge >= 0.3 is 0 Å². The van der Waals surface area contributed by atoms with Crippen molar-refractivity contribution in [3.05, 3.63) is 42.2 Å². The Morgan fingerprint density at radius 3 is 2.65 bits per heavy atom. The molecular weight excluding hydrogens is 230 g/mol. The molecule has 1 fully saturated rings. The molecule has 0 bridgehead atoms. The number of hydrogen-bond acceptors (Lipinski definition) is 4. The van der Waals surface area contributed by atoms with E-state index < -0.39 is 0 Å². The number of nitrogens with zero attached hydrogens (tertiary/aromatic N) is 3. The van der Waals surface area contributed by atoms with Crippen LogP contribution in [-0.4, -0.2) is 22.9 Å². The van der Waals surface area contributed by atoms with Gasteiger partial charge < -0.3 is 4.90 Å². The first-order valence-corrected chi connectivity index (χ1v) is 6.61. The first kappa shape index (κ1) is 10.7. The Labute approximate surface area is 105 Å². The van der Waals surface area contributed by atoms with Crippen LogP contribution in [0, 0.1) is 0 Å². The molecular formula is C13H15N3S. The molecule has 3 nitrogen and oxygen atoms in total. The molecule has 0 amide bonds. The van der Waals surface area contributed by atoms with Gasteiger partial charge in [-0.25, -0.2) is 4.98 Å². The van der Waals surface area contributed by atoms with E-state index >= 15 is 0 Å². The second-order valence-electron chi connectivity index (χ2n) is 4.73. The standard InChI is InChI=1S/C13H15N3S/c1-16(12-14-10-15-17-12)9-13(7-8-13)11-5-3-2-4-6-11/h2-6,10H,7-9H2,1H3. The maximum atomic E-state index is 4.26. The van der Waals surface area contributed by atoms with Gasteiger partial charge in [0.05, 0.1) is 0 Å². The van der Waals surface area contributed by atoms with Crippen LogP contribution in [0.3, 0.4) is 0 Å². The van der Waals surface area contributed by atoms with Crippen LogP contribution in [0.1, 0.15) is 18.4 Å². The number of likely N-dealkylation sites (N-methyl/N-ethyl adjacent to an activating group) is 1. The van der Waals surface area contributed by atoms with Gasteiger partial charge in [0.1, 0.15) is 6.33 Å². The number of rotatable bonds is 4. The molecule has 0 saturated heterocycles. The predicted molar refractivity (Wildman–Crippen MR) is 70.5 cm³/mol. The third kappa shape index (κ3) is 2.05. The smallest absolute Gasteiger partial charge is 0.204 e. The number of hydrogen-bond donors (Lipinski definition) is 0. The molecule has 1 aromatic carbocycles. The van der Waals surface area contributed by atoms with Gasteiger partial charge in [-0.2, -0.15) is 4.37 Å². The maximum Gasteiger partial charge on any atom is 0.204 e. The molecule has 0 spiro atoms. The lowest BCUT2D eigenvalue weighted by molar-refractivity contribution is 0.672. The average molecular weight is 245 g/mol. The van der Waals surface area contributed by atoms with Crippen molar-refractivity contribution in [3.63, 3.8) is 0 Å². The van der Waals surface area contributed by atoms with Gasteiger partial charge in [-0.15, -0.1) is 0 Å². The van der Waals surface area contributed by atoms with Gasteiger partial charge in [0.15, 0.2) is 0 Å². The molecule has 0 atom stereocenters. The summed E-state index contributed by atoms with van der Waals surface area (Å²) in [7, 11) is 2.10. The summed E-state index contributed by atoms with van der Waals surface area (Å²) < 4.78 is 4.06. The van der Waals surface area contributed by atoms with Crippen molar-refractivity contribution >= 4 is 16.7 Å². The summed E-state index contributed by atoms with van der Waals surface area (Å²) in [5.41, 5.74) is 1.80. The SMILES string of the molecule is CN(CC1(c2ccccc2)CC1)c1ncns1. The molecule has 1 aromatic heterocycles. The van der Waals surface area contributed by atoms with Gasteiger partial charge in [-0.1, -0.05) is 30.3 Å². The van der Waals surface area contributed by atoms with E-state index in [9.17, 15) is 0 Å². The van der Waals surface area contributed by atoms with Crippen LogP contribution in [0.2, 0.25) is 0 Å². The Kier molecular flexibility index (Phi) is 2.59. The third-order valence-corrected chi connectivity index (χ3v) is 4.24. The lowest BCUT2D eigenvalue weighted by Gasteiger charge is -2.23. The summed E-state index contributed by atoms with van der Waals surface area (Å²) >= 11 is 1.46. The largest absolute Gasteiger partial charge is 0.349 e. The molecule has 3 rings (SSSR count). The number of anilines is 1. The van der Waals surface area contributed by atoms with E-state index in [1.54, 1.807) is 6.33 Å². The van der Waals surface area contributed by atoms with Gasteiger partial charge in [-0.05, 0) is 18.4 Å². The highest BCUT2D eigenvalue weighted by Gasteiger charge is 2.45. The molecule has 0 aliphatic heterocycles. The Bertz CT molecular complexity index is 477. The lowest BCUT2D eigenvalue weighted by atomic mass is 9.96. The van der Waals surface area contributed by atoms with Crippen LogP contribution in [-0.2, 0) is 5.41 Å². The third-order valence-electron chi connectivity index (χ3n) is 3.46. The molecule has 1 aliphatic carbocycles. The fourth-order valence-corrected chi connectivity index (χ4v) is 2.82. The zero-order chi connectivity index (χ0) is 11.7. The molecule has 0 unspecified atom stereocenters. The van der Waals surface area contributed by atoms with E-state index in [0.717, 1.165) is 11.7 Å². The molecule has 1 aliphatic rings. The Morgan fingerprint density at radius 2 is 2.06 bits per heavy atom. The summed E-state index contributed by atoms with van der Waals surface area (Å²) in [4.78, 5) is 6.48. The fraction of sp³-hybridized carbons (Fsp3) is 0.385. The van der Waals surface area contributed by atoms with E-state index in [1.807, 2.05) is 0 Å². The predicted octanol–water partition coefficient (Wildman–Crippen LogP) is 2.71. The Balaban J connectivity index is 1.77. The van der Waals surface area contributed by atoms with E-state index in [0.29, 0.717) is 5.41 Å². The first-order valence-electron chi connectivity index (χ1n) is 5.84. The summed E-state index contributed by atoms with van der Waals surface area (Å²) in [5, 5.41) is 1.01. The topological polar surface area (TPSA) is 29.0 Å². The minimum atomic E-state index is 0.349. The maximum absolute atomic E-state index is 4.26. The minimum Gasteiger partial charge on any atom is -0.349 e. The van der Waals surface area contributed by atoms with Crippen LogP contribution < -0.4 is 4.90 Å². The van der Waals surface area contributed by atoms with E-state index in [2.05, 4.69) is 51.6 Å². The lowest BCUT2D eigenvalue weighted by Crippen LogP contribution is -2.28. The van der Waals surface area contributed by atoms with Gasteiger partial charge in [0, 0.05) is 30.5 Å². The van der Waals surface area contributed by atoms with Crippen molar-refractivity contribution in [2.75, 3.05) is 18.5 Å². The second-order valence-corrected chi connectivity index (χ2v) is 5.48. The van der Waals surface area contributed by atoms with Crippen LogP contribution in [0.4, 0.5) is 5.13 Å². The molecule has 1 saturated carbocycles. The number of aromatic nitrogens is 2. The van der Waals surface area contributed by atoms with Crippen molar-refractivity contribution in [3.8, 4) is 0 Å². The fourth-order valence-electron chi connectivity index (χ4n) is 2.34. The Morgan fingerprint density at radius 1 is 1.29 bits per heavy atom. The van der Waals surface area contributed by atoms with Crippen LogP contribution >= 0.6 is 11.5 Å². The molecule has 88 valence electrons. The zero-order valence-electron chi connectivity index (χ0n) is 9.84. The van der Waals surface area contributed by atoms with E-state index in [-0.39, 0.29) is 0 Å². The molecule has 0 N–H and O–H groups in total. The summed E-state index contributed by atoms with van der Waals surface area (Å²) in [5.74, 6) is 0. The monoisotopic (exact) mass is 245 g/mol. The average Bonchev–Trinajstić information content (AvgIpc) is 2.94. The number of benzene rings is 1. The summed E-state index contributed by atoms with van der Waals surface area (Å²) in [6, 6.07) is 10.8. The minimum absolute atomic E-state index is 0.349. The highest BCUT2D eigenvalue weighted by Crippen LogP contribution is 2.48. The van der Waals surface area contributed by atoms with Crippen LogP contribution in [0.5, 0.6) is 0 Å². The summed E-state index contributed by atoms with van der Waals surface area (Å²) in [6.45, 7) is 1.03. The van der Waals surface area contributed by atoms with Gasteiger partial charge in [0.2, 0.25) is 5.13 Å². The Hall–Kier alpha value is -1.42. The molecule has 17 heavy (non-hydrogen) atoms. The quantitative estimate of drug-likeness (QED) is 0.829. The molecule has 1 heterocycles. The summed E-state index contributed by atoms with van der Waals surface area (Å²) in [6.07, 6.45) is 4.18. The normalized spacial score (nSPS) is 16.8. The van der Waals surface area contributed by atoms with Crippen molar-refractivity contribution in [1.82, 2.24) is 9.36 Å². The molecule has 0 radical (unpaired) electrons. The van der Waals surface area contributed by atoms with Crippen LogP contribution in [0.25, 0.3) is 0 Å². The van der Waals surface area contributed by atoms with Crippen molar-refractivity contribution in [2.24, 2.45) is 0 Å². The van der Waals surface area contributed by atoms with Gasteiger partial charge in [0.25, 0.3) is 0 Å². The molecule has 4 heteroatoms. The van der Waals surface area contributed by atoms with E-state index in [1.165, 1.54) is 29.9 Å². The first-order chi connectivity index (χ1) is 8.30. The van der Waals surface area contributed by atoms with Crippen molar-refractivity contribution in [1.29, 1.82) is 0 Å². The van der Waals surface area contributed by atoms with Gasteiger partial charge in [-0.3, -0.25) is 0 Å². The second kappa shape index (κ2) is 4.11. The van der Waals surface area contributed by atoms with Crippen LogP contribution in [0.15, 0.2) is 36.7 Å². The van der Waals surface area contributed by atoms with E-state index in [4.69, 9.17) is 0 Å².